The molecular formula is C30H52O2. The normalized spacial score (nSPS) is 12.2. The number of hydrogen-bond donors (Lipinski definition) is 0. The summed E-state index contributed by atoms with van der Waals surface area (Å²) in [5.41, 5.74) is 0. The molecule has 0 N–H and O–H groups in total. The highest BCUT2D eigenvalue weighted by molar-refractivity contribution is 5.69. The van der Waals surface area contributed by atoms with Crippen molar-refractivity contribution in [3.8, 4) is 0 Å². The van der Waals surface area contributed by atoms with Crippen molar-refractivity contribution in [3.63, 3.8) is 0 Å². The smallest absolute Gasteiger partial charge is 0.305 e. The van der Waals surface area contributed by atoms with E-state index in [0.717, 1.165) is 38.5 Å². The van der Waals surface area contributed by atoms with Gasteiger partial charge in [0.25, 0.3) is 0 Å². The minimum atomic E-state index is -0.0381. The maximum atomic E-state index is 11.7. The minimum absolute atomic E-state index is 0.0381. The zero-order chi connectivity index (χ0) is 23.4. The van der Waals surface area contributed by atoms with E-state index in [9.17, 15) is 4.79 Å². The van der Waals surface area contributed by atoms with Gasteiger partial charge in [0, 0.05) is 6.42 Å². The Balaban J connectivity index is 3.41. The summed E-state index contributed by atoms with van der Waals surface area (Å²) in [7, 11) is 0. The van der Waals surface area contributed by atoms with Gasteiger partial charge in [-0.1, -0.05) is 120 Å². The second-order valence-electron chi connectivity index (χ2n) is 8.68. The lowest BCUT2D eigenvalue weighted by Gasteiger charge is -2.04. The first-order valence-electron chi connectivity index (χ1n) is 13.6. The second kappa shape index (κ2) is 27.5. The van der Waals surface area contributed by atoms with Crippen LogP contribution in [-0.2, 0) is 9.53 Å². The van der Waals surface area contributed by atoms with Crippen molar-refractivity contribution in [1.82, 2.24) is 0 Å². The first kappa shape index (κ1) is 30.4. The third-order valence-corrected chi connectivity index (χ3v) is 5.47. The molecule has 0 radical (unpaired) electrons. The highest BCUT2D eigenvalue weighted by atomic mass is 16.5. The first-order chi connectivity index (χ1) is 15.8. The Morgan fingerprint density at radius 3 is 1.53 bits per heavy atom. The van der Waals surface area contributed by atoms with Gasteiger partial charge in [0.15, 0.2) is 0 Å². The summed E-state index contributed by atoms with van der Waals surface area (Å²) >= 11 is 0. The second-order valence-corrected chi connectivity index (χ2v) is 8.68. The molecule has 0 unspecified atom stereocenters. The van der Waals surface area contributed by atoms with Crippen LogP contribution >= 0.6 is 0 Å². The molecule has 2 nitrogen and oxygen atoms in total. The van der Waals surface area contributed by atoms with Crippen molar-refractivity contribution in [2.75, 3.05) is 6.61 Å². The summed E-state index contributed by atoms with van der Waals surface area (Å²) in [6, 6.07) is 0. The van der Waals surface area contributed by atoms with Gasteiger partial charge in [-0.3, -0.25) is 4.79 Å². The average molecular weight is 445 g/mol. The molecule has 0 aromatic carbocycles. The monoisotopic (exact) mass is 444 g/mol. The van der Waals surface area contributed by atoms with E-state index in [2.05, 4.69) is 62.5 Å². The average Bonchev–Trinajstić information content (AvgIpc) is 2.80. The lowest BCUT2D eigenvalue weighted by molar-refractivity contribution is -0.143. The van der Waals surface area contributed by atoms with Crippen LogP contribution in [-0.4, -0.2) is 12.6 Å². The van der Waals surface area contributed by atoms with Crippen LogP contribution in [0.3, 0.4) is 0 Å². The summed E-state index contributed by atoms with van der Waals surface area (Å²) in [5, 5.41) is 0. The lowest BCUT2D eigenvalue weighted by Crippen LogP contribution is -2.05. The summed E-state index contributed by atoms with van der Waals surface area (Å²) in [5.74, 6) is -0.0381. The van der Waals surface area contributed by atoms with E-state index >= 15 is 0 Å². The van der Waals surface area contributed by atoms with Crippen molar-refractivity contribution in [3.05, 3.63) is 48.6 Å². The molecule has 184 valence electrons. The van der Waals surface area contributed by atoms with Crippen LogP contribution in [0.1, 0.15) is 129 Å². The van der Waals surface area contributed by atoms with E-state index in [-0.39, 0.29) is 5.97 Å². The van der Waals surface area contributed by atoms with Gasteiger partial charge in [-0.25, -0.2) is 0 Å². The first-order valence-corrected chi connectivity index (χ1v) is 13.6. The largest absolute Gasteiger partial charge is 0.466 e. The van der Waals surface area contributed by atoms with Crippen molar-refractivity contribution in [2.24, 2.45) is 0 Å². The van der Waals surface area contributed by atoms with Crippen molar-refractivity contribution in [2.45, 2.75) is 129 Å². The van der Waals surface area contributed by atoms with E-state index < -0.39 is 0 Å². The van der Waals surface area contributed by atoms with E-state index in [0.29, 0.717) is 13.0 Å². The third kappa shape index (κ3) is 26.5. The fourth-order valence-electron chi connectivity index (χ4n) is 3.42. The minimum Gasteiger partial charge on any atom is -0.466 e. The Labute approximate surface area is 200 Å². The summed E-state index contributed by atoms with van der Waals surface area (Å²) in [6.07, 6.45) is 38.5. The molecular weight excluding hydrogens is 392 g/mol. The van der Waals surface area contributed by atoms with Crippen molar-refractivity contribution >= 4 is 5.97 Å². The fraction of sp³-hybridized carbons (Fsp3) is 0.700. The maximum absolute atomic E-state index is 11.7. The summed E-state index contributed by atoms with van der Waals surface area (Å²) < 4.78 is 5.33. The Bertz CT molecular complexity index is 499. The quantitative estimate of drug-likeness (QED) is 0.0890. The molecule has 0 aliphatic heterocycles. The highest BCUT2D eigenvalue weighted by Crippen LogP contribution is 2.09. The fourth-order valence-corrected chi connectivity index (χ4v) is 3.42. The number of unbranched alkanes of at least 4 members (excludes halogenated alkanes) is 11. The Hall–Kier alpha value is -1.57. The van der Waals surface area contributed by atoms with Gasteiger partial charge in [-0.05, 0) is 51.4 Å². The Morgan fingerprint density at radius 2 is 0.969 bits per heavy atom. The zero-order valence-corrected chi connectivity index (χ0v) is 21.4. The van der Waals surface area contributed by atoms with Gasteiger partial charge >= 0.3 is 5.97 Å². The van der Waals surface area contributed by atoms with E-state index in [4.69, 9.17) is 4.74 Å². The Kier molecular flexibility index (Phi) is 26.1. The molecule has 0 saturated heterocycles. The SMILES string of the molecule is CCCCC/C=C\C/C=C\C/C=C\C/C=C\CCCC(=O)OCCCCCCCCCC. The maximum Gasteiger partial charge on any atom is 0.305 e. The number of esters is 1. The molecule has 32 heavy (non-hydrogen) atoms. The van der Waals surface area contributed by atoms with E-state index in [1.807, 2.05) is 0 Å². The highest BCUT2D eigenvalue weighted by Gasteiger charge is 2.01. The van der Waals surface area contributed by atoms with Crippen LogP contribution in [0.25, 0.3) is 0 Å². The Morgan fingerprint density at radius 1 is 0.531 bits per heavy atom. The molecule has 0 aliphatic carbocycles. The zero-order valence-electron chi connectivity index (χ0n) is 21.4. The molecule has 0 rings (SSSR count). The van der Waals surface area contributed by atoms with Gasteiger partial charge < -0.3 is 4.74 Å². The standard InChI is InChI=1S/C30H52O2/c1-3-5-7-9-11-13-14-15-16-17-18-19-20-21-22-24-26-28-30(31)32-29-27-25-23-12-10-8-6-4-2/h11,13,15-16,18-19,21-22H,3-10,12,14,17,20,23-29H2,1-2H3/b13-11-,16-15-,19-18-,22-21-. The van der Waals surface area contributed by atoms with Crippen LogP contribution in [0.4, 0.5) is 0 Å². The van der Waals surface area contributed by atoms with Crippen LogP contribution in [0.2, 0.25) is 0 Å². The molecule has 0 aromatic heterocycles. The molecule has 0 spiro atoms. The number of rotatable bonds is 23. The molecule has 0 amide bonds. The molecule has 0 atom stereocenters. The van der Waals surface area contributed by atoms with Crippen LogP contribution < -0.4 is 0 Å². The van der Waals surface area contributed by atoms with Gasteiger partial charge in [-0.15, -0.1) is 0 Å². The van der Waals surface area contributed by atoms with Crippen molar-refractivity contribution in [1.29, 1.82) is 0 Å². The van der Waals surface area contributed by atoms with Crippen LogP contribution in [0.5, 0.6) is 0 Å². The molecule has 0 saturated carbocycles. The molecule has 0 heterocycles. The number of ether oxygens (including phenoxy) is 1. The predicted molar refractivity (Wildman–Crippen MR) is 142 cm³/mol. The van der Waals surface area contributed by atoms with Gasteiger partial charge in [-0.2, -0.15) is 0 Å². The summed E-state index contributed by atoms with van der Waals surface area (Å²) in [4.78, 5) is 11.7. The predicted octanol–water partition coefficient (Wildman–Crippen LogP) is 9.82. The topological polar surface area (TPSA) is 26.3 Å². The number of allylic oxidation sites excluding steroid dienone is 8. The third-order valence-electron chi connectivity index (χ3n) is 5.47. The number of carbonyl (C=O) groups is 1. The van der Waals surface area contributed by atoms with E-state index in [1.165, 1.54) is 70.6 Å². The molecule has 0 fully saturated rings. The lowest BCUT2D eigenvalue weighted by atomic mass is 10.1. The van der Waals surface area contributed by atoms with Gasteiger partial charge in [0.05, 0.1) is 6.61 Å². The molecule has 0 aromatic rings. The van der Waals surface area contributed by atoms with Crippen molar-refractivity contribution < 1.29 is 9.53 Å². The number of carbonyl (C=O) groups excluding carboxylic acids is 1. The van der Waals surface area contributed by atoms with Crippen LogP contribution in [0.15, 0.2) is 48.6 Å². The molecule has 0 bridgehead atoms. The van der Waals surface area contributed by atoms with Crippen LogP contribution in [0, 0.1) is 0 Å². The van der Waals surface area contributed by atoms with E-state index in [1.54, 1.807) is 0 Å². The summed E-state index contributed by atoms with van der Waals surface area (Å²) in [6.45, 7) is 5.09. The number of hydrogen-bond acceptors (Lipinski definition) is 2. The van der Waals surface area contributed by atoms with Gasteiger partial charge in [0.2, 0.25) is 0 Å². The van der Waals surface area contributed by atoms with Gasteiger partial charge in [0.1, 0.15) is 0 Å². The molecule has 0 aliphatic rings. The molecule has 2 heteroatoms.